The van der Waals surface area contributed by atoms with Crippen molar-refractivity contribution < 1.29 is 4.39 Å². The molecular weight excluding hydrogens is 263 g/mol. The predicted octanol–water partition coefficient (Wildman–Crippen LogP) is 4.12. The molecule has 2 N–H and O–H groups in total. The fraction of sp³-hybridized carbons (Fsp3) is 0.667. The van der Waals surface area contributed by atoms with E-state index in [1.54, 1.807) is 12.1 Å². The van der Waals surface area contributed by atoms with Gasteiger partial charge in [0.05, 0.1) is 0 Å². The van der Waals surface area contributed by atoms with Crippen molar-refractivity contribution >= 4 is 0 Å². The van der Waals surface area contributed by atoms with Gasteiger partial charge in [0.25, 0.3) is 0 Å². The van der Waals surface area contributed by atoms with Crippen LogP contribution in [0.4, 0.5) is 4.39 Å². The fourth-order valence-electron chi connectivity index (χ4n) is 4.12. The summed E-state index contributed by atoms with van der Waals surface area (Å²) in [6.07, 6.45) is 4.73. The van der Waals surface area contributed by atoms with Crippen LogP contribution in [0.15, 0.2) is 24.3 Å². The molecule has 1 aliphatic rings. The van der Waals surface area contributed by atoms with Crippen molar-refractivity contribution in [3.05, 3.63) is 35.6 Å². The third-order valence-electron chi connectivity index (χ3n) is 5.85. The van der Waals surface area contributed by atoms with Crippen LogP contribution in [-0.4, -0.2) is 24.0 Å². The highest BCUT2D eigenvalue weighted by molar-refractivity contribution is 5.22. The molecule has 0 radical (unpaired) electrons. The second-order valence-corrected chi connectivity index (χ2v) is 7.14. The zero-order chi connectivity index (χ0) is 15.7. The Labute approximate surface area is 128 Å². The minimum Gasteiger partial charge on any atom is -0.329 e. The van der Waals surface area contributed by atoms with Gasteiger partial charge in [0.1, 0.15) is 5.82 Å². The zero-order valence-electron chi connectivity index (χ0n) is 13.8. The molecule has 0 spiro atoms. The van der Waals surface area contributed by atoms with Crippen molar-refractivity contribution in [3.63, 3.8) is 0 Å². The first-order chi connectivity index (χ1) is 9.85. The van der Waals surface area contributed by atoms with Crippen LogP contribution in [-0.2, 0) is 0 Å². The number of nitrogens with two attached hydrogens (primary N) is 1. The molecule has 1 saturated carbocycles. The number of benzene rings is 1. The Kier molecular flexibility index (Phi) is 4.74. The van der Waals surface area contributed by atoms with Gasteiger partial charge in [-0.2, -0.15) is 0 Å². The summed E-state index contributed by atoms with van der Waals surface area (Å²) in [6.45, 7) is 7.32. The van der Waals surface area contributed by atoms with Crippen molar-refractivity contribution in [1.82, 2.24) is 4.90 Å². The molecule has 0 bridgehead atoms. The number of nitrogens with zero attached hydrogens (tertiary/aromatic N) is 1. The lowest BCUT2D eigenvalue weighted by atomic mass is 9.62. The molecule has 1 aromatic carbocycles. The highest BCUT2D eigenvalue weighted by Crippen LogP contribution is 2.48. The van der Waals surface area contributed by atoms with Crippen molar-refractivity contribution in [1.29, 1.82) is 0 Å². The van der Waals surface area contributed by atoms with E-state index in [0.29, 0.717) is 6.54 Å². The molecule has 0 amide bonds. The molecule has 1 aliphatic carbocycles. The van der Waals surface area contributed by atoms with Crippen LogP contribution in [0.1, 0.15) is 58.1 Å². The van der Waals surface area contributed by atoms with E-state index in [0.717, 1.165) is 12.0 Å². The molecule has 0 saturated heterocycles. The minimum atomic E-state index is -0.127. The van der Waals surface area contributed by atoms with E-state index >= 15 is 0 Å². The Hall–Kier alpha value is -0.930. The van der Waals surface area contributed by atoms with Gasteiger partial charge in [0.2, 0.25) is 0 Å². The predicted molar refractivity (Wildman–Crippen MR) is 86.6 cm³/mol. The van der Waals surface area contributed by atoms with Crippen LogP contribution in [0.3, 0.4) is 0 Å². The summed E-state index contributed by atoms with van der Waals surface area (Å²) in [5, 5.41) is 0. The molecule has 3 heteroatoms. The van der Waals surface area contributed by atoms with Gasteiger partial charge >= 0.3 is 0 Å². The lowest BCUT2D eigenvalue weighted by Gasteiger charge is -2.56. The van der Waals surface area contributed by atoms with Gasteiger partial charge in [-0.1, -0.05) is 44.9 Å². The van der Waals surface area contributed by atoms with Gasteiger partial charge in [-0.25, -0.2) is 4.39 Å². The van der Waals surface area contributed by atoms with Crippen LogP contribution >= 0.6 is 0 Å². The van der Waals surface area contributed by atoms with Crippen molar-refractivity contribution in [3.8, 4) is 0 Å². The molecule has 21 heavy (non-hydrogen) atoms. The molecular formula is C18H29FN2. The maximum atomic E-state index is 14.1. The number of likely N-dealkylation sites (N-methyl/N-ethyl adjacent to an activating group) is 1. The van der Waals surface area contributed by atoms with Crippen LogP contribution in [0.25, 0.3) is 0 Å². The smallest absolute Gasteiger partial charge is 0.127 e. The molecule has 2 unspecified atom stereocenters. The molecule has 118 valence electrons. The van der Waals surface area contributed by atoms with E-state index in [4.69, 9.17) is 5.73 Å². The lowest BCUT2D eigenvalue weighted by Crippen LogP contribution is -2.63. The third-order valence-corrected chi connectivity index (χ3v) is 5.85. The van der Waals surface area contributed by atoms with Crippen molar-refractivity contribution in [2.75, 3.05) is 13.6 Å². The van der Waals surface area contributed by atoms with Crippen LogP contribution in [0.5, 0.6) is 0 Å². The lowest BCUT2D eigenvalue weighted by molar-refractivity contribution is -0.0497. The Morgan fingerprint density at radius 1 is 1.24 bits per heavy atom. The summed E-state index contributed by atoms with van der Waals surface area (Å²) in [7, 11) is 2.11. The summed E-state index contributed by atoms with van der Waals surface area (Å²) in [5.74, 6) is -0.127. The van der Waals surface area contributed by atoms with Crippen molar-refractivity contribution in [2.24, 2.45) is 11.1 Å². The molecule has 0 aromatic heterocycles. The second kappa shape index (κ2) is 6.05. The molecule has 2 nitrogen and oxygen atoms in total. The first-order valence-corrected chi connectivity index (χ1v) is 8.03. The Morgan fingerprint density at radius 3 is 2.43 bits per heavy atom. The highest BCUT2D eigenvalue weighted by atomic mass is 19.1. The summed E-state index contributed by atoms with van der Waals surface area (Å²) in [4.78, 5) is 2.32. The van der Waals surface area contributed by atoms with E-state index < -0.39 is 0 Å². The van der Waals surface area contributed by atoms with E-state index in [2.05, 4.69) is 32.7 Å². The summed E-state index contributed by atoms with van der Waals surface area (Å²) in [6, 6.07) is 7.10. The maximum Gasteiger partial charge on any atom is 0.127 e. The van der Waals surface area contributed by atoms with Gasteiger partial charge in [0, 0.05) is 23.7 Å². The number of hydrogen-bond donors (Lipinski definition) is 1. The van der Waals surface area contributed by atoms with Crippen molar-refractivity contribution in [2.45, 2.75) is 58.0 Å². The average Bonchev–Trinajstić information content (AvgIpc) is 2.46. The first kappa shape index (κ1) is 16.4. The molecule has 2 atom stereocenters. The fourth-order valence-corrected chi connectivity index (χ4v) is 4.12. The molecule has 2 rings (SSSR count). The maximum absolute atomic E-state index is 14.1. The molecule has 0 heterocycles. The van der Waals surface area contributed by atoms with Gasteiger partial charge < -0.3 is 5.73 Å². The number of hydrogen-bond acceptors (Lipinski definition) is 2. The summed E-state index contributed by atoms with van der Waals surface area (Å²) >= 11 is 0. The van der Waals surface area contributed by atoms with Gasteiger partial charge in [0.15, 0.2) is 0 Å². The average molecular weight is 292 g/mol. The van der Waals surface area contributed by atoms with E-state index in [1.165, 1.54) is 19.3 Å². The normalized spacial score (nSPS) is 26.8. The monoisotopic (exact) mass is 292 g/mol. The van der Waals surface area contributed by atoms with Gasteiger partial charge in [-0.3, -0.25) is 4.90 Å². The van der Waals surface area contributed by atoms with Crippen LogP contribution in [0.2, 0.25) is 0 Å². The minimum absolute atomic E-state index is 0.0205. The van der Waals surface area contributed by atoms with Gasteiger partial charge in [-0.15, -0.1) is 0 Å². The summed E-state index contributed by atoms with van der Waals surface area (Å²) in [5.41, 5.74) is 7.08. The zero-order valence-corrected chi connectivity index (χ0v) is 13.8. The van der Waals surface area contributed by atoms with E-state index in [9.17, 15) is 4.39 Å². The second-order valence-electron chi connectivity index (χ2n) is 7.14. The molecule has 0 aliphatic heterocycles. The standard InChI is InChI=1S/C18H29FN2/c1-14(15-9-5-6-10-16(15)19)21(4)18(13-20)12-8-7-11-17(18,2)3/h5-6,9-10,14H,7-8,11-13,20H2,1-4H3. The van der Waals surface area contributed by atoms with Crippen LogP contribution < -0.4 is 5.73 Å². The summed E-state index contributed by atoms with van der Waals surface area (Å²) < 4.78 is 14.1. The largest absolute Gasteiger partial charge is 0.329 e. The Bertz CT molecular complexity index is 486. The molecule has 1 fully saturated rings. The number of rotatable bonds is 4. The van der Waals surface area contributed by atoms with Crippen LogP contribution in [0, 0.1) is 11.2 Å². The van der Waals surface area contributed by atoms with E-state index in [1.807, 2.05) is 12.1 Å². The highest BCUT2D eigenvalue weighted by Gasteiger charge is 2.49. The SMILES string of the molecule is CC(c1ccccc1F)N(C)C1(CN)CCCCC1(C)C. The van der Waals surface area contributed by atoms with Gasteiger partial charge in [-0.05, 0) is 38.3 Å². The van der Waals surface area contributed by atoms with E-state index in [-0.39, 0.29) is 22.8 Å². The Balaban J connectivity index is 2.36. The topological polar surface area (TPSA) is 29.3 Å². The quantitative estimate of drug-likeness (QED) is 0.904. The number of halogens is 1. The third kappa shape index (κ3) is 2.74. The molecule has 1 aromatic rings. The first-order valence-electron chi connectivity index (χ1n) is 8.03. The Morgan fingerprint density at radius 2 is 1.86 bits per heavy atom.